The lowest BCUT2D eigenvalue weighted by molar-refractivity contribution is 0.102. The molecule has 1 N–H and O–H groups in total. The molecule has 90 valence electrons. The Morgan fingerprint density at radius 1 is 1.53 bits per heavy atom. The summed E-state index contributed by atoms with van der Waals surface area (Å²) in [7, 11) is 1.82. The van der Waals surface area contributed by atoms with Crippen LogP contribution in [-0.4, -0.2) is 20.7 Å². The van der Waals surface area contributed by atoms with Gasteiger partial charge in [-0.1, -0.05) is 13.8 Å². The second-order valence-corrected chi connectivity index (χ2v) is 4.08. The topological polar surface area (TPSA) is 73.0 Å². The van der Waals surface area contributed by atoms with E-state index in [1.165, 1.54) is 12.7 Å². The van der Waals surface area contributed by atoms with Crippen molar-refractivity contribution in [3.05, 3.63) is 30.2 Å². The number of nitrogens with one attached hydrogen (secondary N) is 1. The highest BCUT2D eigenvalue weighted by atomic mass is 16.3. The first-order valence-electron chi connectivity index (χ1n) is 5.31. The van der Waals surface area contributed by atoms with Crippen molar-refractivity contribution in [3.63, 3.8) is 0 Å². The second-order valence-electron chi connectivity index (χ2n) is 4.08. The zero-order valence-electron chi connectivity index (χ0n) is 9.97. The van der Waals surface area contributed by atoms with Crippen molar-refractivity contribution < 1.29 is 9.21 Å². The van der Waals surface area contributed by atoms with Gasteiger partial charge in [-0.25, -0.2) is 4.98 Å². The number of aryl methyl sites for hydroxylation is 1. The van der Waals surface area contributed by atoms with Gasteiger partial charge in [0.2, 0.25) is 0 Å². The fourth-order valence-electron chi connectivity index (χ4n) is 1.54. The lowest BCUT2D eigenvalue weighted by Crippen LogP contribution is -2.13. The smallest absolute Gasteiger partial charge is 0.277 e. The molecule has 6 heteroatoms. The first kappa shape index (κ1) is 11.4. The molecule has 0 unspecified atom stereocenters. The average molecular weight is 234 g/mol. The van der Waals surface area contributed by atoms with Crippen LogP contribution in [0.3, 0.4) is 0 Å². The van der Waals surface area contributed by atoms with Crippen molar-refractivity contribution in [2.24, 2.45) is 7.05 Å². The minimum absolute atomic E-state index is 0.240. The number of anilines is 1. The van der Waals surface area contributed by atoms with Gasteiger partial charge in [-0.05, 0) is 5.92 Å². The first-order valence-corrected chi connectivity index (χ1v) is 5.31. The molecular formula is C11H14N4O2. The van der Waals surface area contributed by atoms with E-state index in [9.17, 15) is 4.79 Å². The summed E-state index contributed by atoms with van der Waals surface area (Å²) >= 11 is 0. The number of carbonyl (C=O) groups excluding carboxylic acids is 1. The molecule has 2 aromatic heterocycles. The van der Waals surface area contributed by atoms with Crippen LogP contribution < -0.4 is 5.32 Å². The summed E-state index contributed by atoms with van der Waals surface area (Å²) in [6.07, 6.45) is 4.30. The Morgan fingerprint density at radius 3 is 2.88 bits per heavy atom. The molecule has 17 heavy (non-hydrogen) atoms. The number of rotatable bonds is 3. The van der Waals surface area contributed by atoms with Gasteiger partial charge < -0.3 is 9.73 Å². The molecule has 0 bridgehead atoms. The molecule has 0 saturated carbocycles. The highest BCUT2D eigenvalue weighted by Gasteiger charge is 2.15. The summed E-state index contributed by atoms with van der Waals surface area (Å²) in [4.78, 5) is 15.6. The van der Waals surface area contributed by atoms with Crippen molar-refractivity contribution in [2.45, 2.75) is 19.8 Å². The predicted molar refractivity (Wildman–Crippen MR) is 61.8 cm³/mol. The standard InChI is InChI=1S/C11H14N4O2/c1-7(2)10-8(4-15(3)14-10)13-11(16)9-5-17-6-12-9/h4-7H,1-3H3,(H,13,16). The SMILES string of the molecule is CC(C)c1nn(C)cc1NC(=O)c1cocn1. The van der Waals surface area contributed by atoms with Gasteiger partial charge in [0.15, 0.2) is 12.1 Å². The Bertz CT molecular complexity index is 514. The molecule has 2 aromatic rings. The van der Waals surface area contributed by atoms with Crippen LogP contribution in [0.2, 0.25) is 0 Å². The molecule has 0 fully saturated rings. The Balaban J connectivity index is 2.21. The number of oxazole rings is 1. The summed E-state index contributed by atoms with van der Waals surface area (Å²) in [5, 5.41) is 7.07. The van der Waals surface area contributed by atoms with Crippen molar-refractivity contribution in [3.8, 4) is 0 Å². The van der Waals surface area contributed by atoms with E-state index in [-0.39, 0.29) is 17.5 Å². The molecule has 0 aliphatic carbocycles. The monoisotopic (exact) mass is 234 g/mol. The summed E-state index contributed by atoms with van der Waals surface area (Å²) in [6, 6.07) is 0. The van der Waals surface area contributed by atoms with Crippen LogP contribution in [0, 0.1) is 0 Å². The quantitative estimate of drug-likeness (QED) is 0.878. The van der Waals surface area contributed by atoms with Crippen molar-refractivity contribution in [2.75, 3.05) is 5.32 Å². The van der Waals surface area contributed by atoms with Gasteiger partial charge in [-0.2, -0.15) is 5.10 Å². The number of hydrogen-bond donors (Lipinski definition) is 1. The molecule has 0 radical (unpaired) electrons. The zero-order valence-corrected chi connectivity index (χ0v) is 9.97. The third kappa shape index (κ3) is 2.35. The molecular weight excluding hydrogens is 220 g/mol. The zero-order chi connectivity index (χ0) is 12.4. The third-order valence-electron chi connectivity index (χ3n) is 2.32. The van der Waals surface area contributed by atoms with E-state index in [4.69, 9.17) is 4.42 Å². The Labute approximate surface area is 98.6 Å². The molecule has 0 aliphatic heterocycles. The van der Waals surface area contributed by atoms with Gasteiger partial charge in [-0.15, -0.1) is 0 Å². The first-order chi connectivity index (χ1) is 8.08. The highest BCUT2D eigenvalue weighted by Crippen LogP contribution is 2.22. The minimum atomic E-state index is -0.298. The van der Waals surface area contributed by atoms with Gasteiger partial charge >= 0.3 is 0 Å². The summed E-state index contributed by atoms with van der Waals surface area (Å²) in [5.41, 5.74) is 1.81. The van der Waals surface area contributed by atoms with Gasteiger partial charge in [-0.3, -0.25) is 9.48 Å². The molecule has 2 rings (SSSR count). The molecule has 0 aromatic carbocycles. The third-order valence-corrected chi connectivity index (χ3v) is 2.32. The Hall–Kier alpha value is -2.11. The fraction of sp³-hybridized carbons (Fsp3) is 0.364. The van der Waals surface area contributed by atoms with Crippen LogP contribution in [0.25, 0.3) is 0 Å². The van der Waals surface area contributed by atoms with Crippen LogP contribution in [0.4, 0.5) is 5.69 Å². The van der Waals surface area contributed by atoms with Gasteiger partial charge in [0.25, 0.3) is 5.91 Å². The lowest BCUT2D eigenvalue weighted by atomic mass is 10.1. The van der Waals surface area contributed by atoms with Crippen molar-refractivity contribution in [1.29, 1.82) is 0 Å². The molecule has 6 nitrogen and oxygen atoms in total. The molecule has 0 spiro atoms. The van der Waals surface area contributed by atoms with Crippen molar-refractivity contribution in [1.82, 2.24) is 14.8 Å². The van der Waals surface area contributed by atoms with E-state index in [1.807, 2.05) is 20.9 Å². The van der Waals surface area contributed by atoms with Gasteiger partial charge in [0.1, 0.15) is 6.26 Å². The highest BCUT2D eigenvalue weighted by molar-refractivity contribution is 6.02. The molecule has 1 amide bonds. The van der Waals surface area contributed by atoms with E-state index in [0.29, 0.717) is 5.69 Å². The number of aromatic nitrogens is 3. The summed E-state index contributed by atoms with van der Waals surface area (Å²) in [6.45, 7) is 4.04. The maximum atomic E-state index is 11.8. The van der Waals surface area contributed by atoms with Crippen LogP contribution in [0.5, 0.6) is 0 Å². The lowest BCUT2D eigenvalue weighted by Gasteiger charge is -2.05. The number of carbonyl (C=O) groups is 1. The maximum absolute atomic E-state index is 11.8. The Kier molecular flexibility index (Phi) is 2.95. The van der Waals surface area contributed by atoms with E-state index in [0.717, 1.165) is 5.69 Å². The number of hydrogen-bond acceptors (Lipinski definition) is 4. The van der Waals surface area contributed by atoms with E-state index in [1.54, 1.807) is 10.9 Å². The van der Waals surface area contributed by atoms with E-state index < -0.39 is 0 Å². The van der Waals surface area contributed by atoms with E-state index in [2.05, 4.69) is 15.4 Å². The number of amides is 1. The summed E-state index contributed by atoms with van der Waals surface area (Å²) < 4.78 is 6.44. The number of nitrogens with zero attached hydrogens (tertiary/aromatic N) is 3. The van der Waals surface area contributed by atoms with Crippen molar-refractivity contribution >= 4 is 11.6 Å². The van der Waals surface area contributed by atoms with Gasteiger partial charge in [0.05, 0.1) is 11.4 Å². The van der Waals surface area contributed by atoms with Crippen LogP contribution in [-0.2, 0) is 7.05 Å². The van der Waals surface area contributed by atoms with Crippen LogP contribution in [0.1, 0.15) is 35.9 Å². The molecule has 0 saturated heterocycles. The Morgan fingerprint density at radius 2 is 2.29 bits per heavy atom. The molecule has 2 heterocycles. The van der Waals surface area contributed by atoms with E-state index >= 15 is 0 Å². The second kappa shape index (κ2) is 4.40. The largest absolute Gasteiger partial charge is 0.451 e. The normalized spacial score (nSPS) is 10.8. The minimum Gasteiger partial charge on any atom is -0.451 e. The predicted octanol–water partition coefficient (Wildman–Crippen LogP) is 1.78. The molecule has 0 atom stereocenters. The molecule has 0 aliphatic rings. The summed E-state index contributed by atoms with van der Waals surface area (Å²) in [5.74, 6) is -0.0579. The van der Waals surface area contributed by atoms with Crippen LogP contribution in [0.15, 0.2) is 23.3 Å². The fourth-order valence-corrected chi connectivity index (χ4v) is 1.54. The maximum Gasteiger partial charge on any atom is 0.277 e. The van der Waals surface area contributed by atoms with Gasteiger partial charge in [0, 0.05) is 13.2 Å². The average Bonchev–Trinajstić information content (AvgIpc) is 2.86. The van der Waals surface area contributed by atoms with Crippen LogP contribution >= 0.6 is 0 Å².